The molecule has 0 bridgehead atoms. The van der Waals surface area contributed by atoms with Crippen molar-refractivity contribution in [2.24, 2.45) is 0 Å². The lowest BCUT2D eigenvalue weighted by Crippen LogP contribution is -2.30. The average molecular weight is 337 g/mol. The highest BCUT2D eigenvalue weighted by Crippen LogP contribution is 2.21. The number of hydrogen-bond donors (Lipinski definition) is 3. The van der Waals surface area contributed by atoms with E-state index >= 15 is 0 Å². The maximum Gasteiger partial charge on any atom is 0.332 e. The van der Waals surface area contributed by atoms with Gasteiger partial charge >= 0.3 is 5.97 Å². The molecule has 1 rings (SSSR count). The van der Waals surface area contributed by atoms with Gasteiger partial charge in [0.1, 0.15) is 0 Å². The molecule has 1 aromatic carbocycles. The molecule has 0 saturated carbocycles. The predicted molar refractivity (Wildman–Crippen MR) is 69.7 cm³/mol. The van der Waals surface area contributed by atoms with E-state index < -0.39 is 18.0 Å². The third-order valence-corrected chi connectivity index (χ3v) is 2.97. The van der Waals surface area contributed by atoms with Gasteiger partial charge in [0.2, 0.25) is 0 Å². The minimum absolute atomic E-state index is 0.0543. The van der Waals surface area contributed by atoms with Gasteiger partial charge in [0.05, 0.1) is 10.6 Å². The molecule has 0 heterocycles. The Morgan fingerprint density at radius 2 is 2.11 bits per heavy atom. The molecule has 3 N–H and O–H groups in total. The molecule has 1 atom stereocenters. The van der Waals surface area contributed by atoms with E-state index in [9.17, 15) is 9.59 Å². The standard InChI is InChI=1S/C11H11BrClNO4/c12-6-1-2-7(8(13)5-6)10(16)14-4-3-9(15)11(17)18/h1-2,5,9,15H,3-4H2,(H,14,16)(H,17,18). The van der Waals surface area contributed by atoms with Crippen molar-refractivity contribution in [2.45, 2.75) is 12.5 Å². The van der Waals surface area contributed by atoms with E-state index in [1.807, 2.05) is 0 Å². The van der Waals surface area contributed by atoms with Crippen LogP contribution in [0.25, 0.3) is 0 Å². The van der Waals surface area contributed by atoms with Crippen LogP contribution in [-0.4, -0.2) is 34.7 Å². The Kier molecular flexibility index (Phi) is 5.58. The van der Waals surface area contributed by atoms with Crippen LogP contribution in [0.4, 0.5) is 0 Å². The van der Waals surface area contributed by atoms with Crippen molar-refractivity contribution < 1.29 is 19.8 Å². The van der Waals surface area contributed by atoms with Gasteiger partial charge in [-0.15, -0.1) is 0 Å². The van der Waals surface area contributed by atoms with Gasteiger partial charge in [0.25, 0.3) is 5.91 Å². The van der Waals surface area contributed by atoms with Crippen LogP contribution in [0.5, 0.6) is 0 Å². The van der Waals surface area contributed by atoms with E-state index in [0.29, 0.717) is 10.6 Å². The highest BCUT2D eigenvalue weighted by molar-refractivity contribution is 9.10. The topological polar surface area (TPSA) is 86.6 Å². The Hall–Kier alpha value is -1.11. The first kappa shape index (κ1) is 14.9. The molecule has 7 heteroatoms. The molecule has 5 nitrogen and oxygen atoms in total. The highest BCUT2D eigenvalue weighted by atomic mass is 79.9. The molecule has 98 valence electrons. The molecule has 0 spiro atoms. The van der Waals surface area contributed by atoms with E-state index in [2.05, 4.69) is 21.2 Å². The van der Waals surface area contributed by atoms with Gasteiger partial charge in [-0.2, -0.15) is 0 Å². The summed E-state index contributed by atoms with van der Waals surface area (Å²) >= 11 is 9.10. The Labute approximate surface area is 117 Å². The summed E-state index contributed by atoms with van der Waals surface area (Å²) in [6, 6.07) is 4.81. The average Bonchev–Trinajstić information content (AvgIpc) is 2.28. The fourth-order valence-corrected chi connectivity index (χ4v) is 1.97. The van der Waals surface area contributed by atoms with Crippen molar-refractivity contribution in [1.82, 2.24) is 5.32 Å². The number of aliphatic hydroxyl groups is 1. The molecule has 0 aliphatic rings. The molecule has 0 aromatic heterocycles. The van der Waals surface area contributed by atoms with Crippen LogP contribution >= 0.6 is 27.5 Å². The first-order valence-electron chi connectivity index (χ1n) is 5.06. The molecule has 0 radical (unpaired) electrons. The van der Waals surface area contributed by atoms with Crippen LogP contribution in [0.2, 0.25) is 5.02 Å². The molecular formula is C11H11BrClNO4. The largest absolute Gasteiger partial charge is 0.479 e. The Morgan fingerprint density at radius 3 is 2.67 bits per heavy atom. The molecule has 0 aliphatic heterocycles. The van der Waals surface area contributed by atoms with Crippen molar-refractivity contribution >= 4 is 39.4 Å². The van der Waals surface area contributed by atoms with E-state index in [1.54, 1.807) is 18.2 Å². The smallest absolute Gasteiger partial charge is 0.332 e. The third-order valence-electron chi connectivity index (χ3n) is 2.16. The number of rotatable bonds is 5. The minimum atomic E-state index is -1.48. The first-order valence-corrected chi connectivity index (χ1v) is 6.23. The second kappa shape index (κ2) is 6.72. The number of hydrogen-bond acceptors (Lipinski definition) is 3. The summed E-state index contributed by atoms with van der Waals surface area (Å²) in [7, 11) is 0. The summed E-state index contributed by atoms with van der Waals surface area (Å²) in [5, 5.41) is 20.2. The molecule has 18 heavy (non-hydrogen) atoms. The second-order valence-corrected chi connectivity index (χ2v) is 4.85. The van der Waals surface area contributed by atoms with Gasteiger partial charge < -0.3 is 15.5 Å². The van der Waals surface area contributed by atoms with Gasteiger partial charge in [-0.25, -0.2) is 4.79 Å². The maximum absolute atomic E-state index is 11.7. The third kappa shape index (κ3) is 4.29. The summed E-state index contributed by atoms with van der Waals surface area (Å²) in [5.74, 6) is -1.73. The van der Waals surface area contributed by atoms with E-state index in [4.69, 9.17) is 21.8 Å². The highest BCUT2D eigenvalue weighted by Gasteiger charge is 2.14. The van der Waals surface area contributed by atoms with Gasteiger partial charge in [-0.05, 0) is 18.2 Å². The molecule has 0 saturated heterocycles. The number of carboxylic acids is 1. The molecular weight excluding hydrogens is 325 g/mol. The fourth-order valence-electron chi connectivity index (χ4n) is 1.21. The van der Waals surface area contributed by atoms with Crippen molar-refractivity contribution in [3.63, 3.8) is 0 Å². The number of amides is 1. The van der Waals surface area contributed by atoms with E-state index in [-0.39, 0.29) is 13.0 Å². The molecule has 1 unspecified atom stereocenters. The fraction of sp³-hybridized carbons (Fsp3) is 0.273. The van der Waals surface area contributed by atoms with Crippen LogP contribution in [0, 0.1) is 0 Å². The number of nitrogens with one attached hydrogen (secondary N) is 1. The lowest BCUT2D eigenvalue weighted by Gasteiger charge is -2.08. The molecule has 0 fully saturated rings. The normalized spacial score (nSPS) is 11.9. The first-order chi connectivity index (χ1) is 8.41. The van der Waals surface area contributed by atoms with Crippen LogP contribution in [0.1, 0.15) is 16.8 Å². The number of carboxylic acid groups (broad SMARTS) is 1. The van der Waals surface area contributed by atoms with Crippen molar-refractivity contribution in [3.8, 4) is 0 Å². The van der Waals surface area contributed by atoms with Gasteiger partial charge in [-0.3, -0.25) is 4.79 Å². The number of aliphatic hydroxyl groups excluding tert-OH is 1. The summed E-state index contributed by atoms with van der Waals surface area (Å²) in [4.78, 5) is 22.0. The van der Waals surface area contributed by atoms with Crippen LogP contribution in [0.15, 0.2) is 22.7 Å². The van der Waals surface area contributed by atoms with Crippen molar-refractivity contribution in [1.29, 1.82) is 0 Å². The zero-order chi connectivity index (χ0) is 13.7. The summed E-state index contributed by atoms with van der Waals surface area (Å²) in [6.07, 6.45) is -1.54. The number of benzene rings is 1. The monoisotopic (exact) mass is 335 g/mol. The summed E-state index contributed by atoms with van der Waals surface area (Å²) in [5.41, 5.74) is 0.296. The Balaban J connectivity index is 2.53. The quantitative estimate of drug-likeness (QED) is 0.763. The van der Waals surface area contributed by atoms with Gasteiger partial charge in [0.15, 0.2) is 6.10 Å². The number of aliphatic carboxylic acids is 1. The predicted octanol–water partition coefficient (Wildman–Crippen LogP) is 1.67. The summed E-state index contributed by atoms with van der Waals surface area (Å²) < 4.78 is 0.755. The van der Waals surface area contributed by atoms with Crippen molar-refractivity contribution in [3.05, 3.63) is 33.3 Å². The lowest BCUT2D eigenvalue weighted by molar-refractivity contribution is -0.146. The lowest BCUT2D eigenvalue weighted by atomic mass is 10.2. The number of carbonyl (C=O) groups is 2. The van der Waals surface area contributed by atoms with Crippen LogP contribution < -0.4 is 5.32 Å². The molecule has 1 aromatic rings. The zero-order valence-electron chi connectivity index (χ0n) is 9.19. The maximum atomic E-state index is 11.7. The minimum Gasteiger partial charge on any atom is -0.479 e. The number of carbonyl (C=O) groups excluding carboxylic acids is 1. The second-order valence-electron chi connectivity index (χ2n) is 3.52. The summed E-state index contributed by atoms with van der Waals surface area (Å²) in [6.45, 7) is 0.0543. The van der Waals surface area contributed by atoms with E-state index in [1.165, 1.54) is 0 Å². The van der Waals surface area contributed by atoms with Gasteiger partial charge in [-0.1, -0.05) is 27.5 Å². The molecule has 0 aliphatic carbocycles. The molecule has 1 amide bonds. The Bertz CT molecular complexity index is 466. The zero-order valence-corrected chi connectivity index (χ0v) is 11.5. The van der Waals surface area contributed by atoms with Crippen LogP contribution in [0.3, 0.4) is 0 Å². The number of halogens is 2. The Morgan fingerprint density at radius 1 is 1.44 bits per heavy atom. The van der Waals surface area contributed by atoms with Crippen LogP contribution in [-0.2, 0) is 4.79 Å². The van der Waals surface area contributed by atoms with Gasteiger partial charge in [0, 0.05) is 17.4 Å². The SMILES string of the molecule is O=C(NCCC(O)C(=O)O)c1ccc(Br)cc1Cl. The van der Waals surface area contributed by atoms with Crippen molar-refractivity contribution in [2.75, 3.05) is 6.54 Å². The van der Waals surface area contributed by atoms with E-state index in [0.717, 1.165) is 4.47 Å².